The highest BCUT2D eigenvalue weighted by Gasteiger charge is 2.32. The van der Waals surface area contributed by atoms with Gasteiger partial charge in [-0.2, -0.15) is 11.8 Å². The monoisotopic (exact) mass is 872 g/mol. The van der Waals surface area contributed by atoms with E-state index in [9.17, 15) is 48.6 Å². The maximum absolute atomic E-state index is 14.1. The maximum atomic E-state index is 14.1. The molecule has 1 heterocycles. The minimum Gasteiger partial charge on any atom is -0.508 e. The van der Waals surface area contributed by atoms with Crippen LogP contribution in [-0.4, -0.2) is 111 Å². The lowest BCUT2D eigenvalue weighted by atomic mass is 10.0. The van der Waals surface area contributed by atoms with Gasteiger partial charge in [-0.05, 0) is 53.3 Å². The number of carbonyl (C=O) groups is 8. The number of para-hydroxylation sites is 1. The number of benzene rings is 3. The summed E-state index contributed by atoms with van der Waals surface area (Å²) in [7, 11) is 0. The van der Waals surface area contributed by atoms with Crippen LogP contribution in [0.1, 0.15) is 42.9 Å². The van der Waals surface area contributed by atoms with Crippen molar-refractivity contribution in [3.05, 3.63) is 102 Å². The van der Waals surface area contributed by atoms with E-state index in [1.807, 2.05) is 24.3 Å². The fourth-order valence-corrected chi connectivity index (χ4v) is 6.99. The van der Waals surface area contributed by atoms with E-state index in [4.69, 9.17) is 5.73 Å². The van der Waals surface area contributed by atoms with Crippen LogP contribution in [0.5, 0.6) is 5.75 Å². The van der Waals surface area contributed by atoms with Crippen LogP contribution in [0.3, 0.4) is 0 Å². The van der Waals surface area contributed by atoms with E-state index >= 15 is 0 Å². The first-order valence-corrected chi connectivity index (χ1v) is 21.1. The van der Waals surface area contributed by atoms with Crippen molar-refractivity contribution in [1.82, 2.24) is 36.9 Å². The van der Waals surface area contributed by atoms with Gasteiger partial charge in [0.25, 0.3) is 0 Å². The van der Waals surface area contributed by atoms with Gasteiger partial charge in [-0.15, -0.1) is 0 Å². The summed E-state index contributed by atoms with van der Waals surface area (Å²) in [4.78, 5) is 107. The number of nitrogens with one attached hydrogen (secondary N) is 7. The molecule has 3 aromatic carbocycles. The molecule has 0 aliphatic rings. The number of phenolic OH excluding ortho intramolecular Hbond substituents is 1. The molecule has 0 saturated carbocycles. The molecule has 0 radical (unpaired) electrons. The van der Waals surface area contributed by atoms with Crippen LogP contribution in [0.4, 0.5) is 0 Å². The normalized spacial score (nSPS) is 13.3. The molecule has 4 rings (SSSR count). The number of aromatic amines is 1. The number of aromatic hydroxyl groups is 1. The molecule has 5 atom stereocenters. The third kappa shape index (κ3) is 15.3. The average molecular weight is 873 g/mol. The summed E-state index contributed by atoms with van der Waals surface area (Å²) >= 11 is 1.37. The molecule has 7 amide bonds. The third-order valence-corrected chi connectivity index (χ3v) is 10.3. The summed E-state index contributed by atoms with van der Waals surface area (Å²) in [5.74, 6) is -6.15. The summed E-state index contributed by atoms with van der Waals surface area (Å²) in [5, 5.41) is 35.5. The Hall–Kier alpha value is -6.89. The van der Waals surface area contributed by atoms with Crippen LogP contribution in [0.25, 0.3) is 10.9 Å². The molecular weight excluding hydrogens is 821 g/mol. The molecule has 0 saturated heterocycles. The number of H-pyrrole nitrogens is 1. The fraction of sp³-hybridized carbons (Fsp3) is 0.349. The largest absolute Gasteiger partial charge is 0.508 e. The molecule has 0 spiro atoms. The van der Waals surface area contributed by atoms with E-state index in [1.54, 1.807) is 54.9 Å². The second kappa shape index (κ2) is 23.8. The highest BCUT2D eigenvalue weighted by Crippen LogP contribution is 2.20. The van der Waals surface area contributed by atoms with Crippen LogP contribution < -0.4 is 37.6 Å². The molecule has 0 unspecified atom stereocenters. The van der Waals surface area contributed by atoms with Gasteiger partial charge >= 0.3 is 5.97 Å². The smallest absolute Gasteiger partial charge is 0.305 e. The average Bonchev–Trinajstić information content (AvgIpc) is 3.64. The van der Waals surface area contributed by atoms with Crippen molar-refractivity contribution in [2.75, 3.05) is 18.6 Å². The van der Waals surface area contributed by atoms with E-state index in [-0.39, 0.29) is 44.4 Å². The van der Waals surface area contributed by atoms with Crippen molar-refractivity contribution in [2.24, 2.45) is 5.73 Å². The SMILES string of the molecule is CSCC[C@H](NC(=O)[C@H](Cc1c[nH]c2ccccc12)NC(=O)CCNC(=O)[C@H](Cc1ccc(O)cc1)NC(C)=O)C(=O)N[C@@H](CC(=O)O)C(=O)N[C@@H](Cc1ccccc1)C(N)=O. The summed E-state index contributed by atoms with van der Waals surface area (Å²) < 4.78 is 0. The lowest BCUT2D eigenvalue weighted by Gasteiger charge is -2.26. The molecule has 19 heteroatoms. The zero-order valence-corrected chi connectivity index (χ0v) is 35.1. The Balaban J connectivity index is 1.48. The van der Waals surface area contributed by atoms with Crippen molar-refractivity contribution in [2.45, 2.75) is 75.7 Å². The fourth-order valence-electron chi connectivity index (χ4n) is 6.52. The number of fused-ring (bicyclic) bond motifs is 1. The van der Waals surface area contributed by atoms with Crippen LogP contribution >= 0.6 is 11.8 Å². The number of carboxylic acids is 1. The lowest BCUT2D eigenvalue weighted by Crippen LogP contribution is -2.59. The van der Waals surface area contributed by atoms with E-state index in [0.29, 0.717) is 22.4 Å². The van der Waals surface area contributed by atoms with Gasteiger partial charge < -0.3 is 52.8 Å². The highest BCUT2D eigenvalue weighted by molar-refractivity contribution is 7.98. The zero-order chi connectivity index (χ0) is 45.2. The topological polar surface area (TPSA) is 291 Å². The summed E-state index contributed by atoms with van der Waals surface area (Å²) in [6.45, 7) is 1.10. The Kier molecular flexibility index (Phi) is 18.3. The first-order valence-electron chi connectivity index (χ1n) is 19.8. The van der Waals surface area contributed by atoms with E-state index < -0.39 is 83.9 Å². The summed E-state index contributed by atoms with van der Waals surface area (Å²) in [5.41, 5.74) is 8.34. The molecule has 330 valence electrons. The number of phenols is 1. The van der Waals surface area contributed by atoms with Gasteiger partial charge in [-0.1, -0.05) is 60.7 Å². The number of aliphatic carboxylic acids is 1. The predicted molar refractivity (Wildman–Crippen MR) is 231 cm³/mol. The molecule has 0 aliphatic carbocycles. The number of carboxylic acid groups (broad SMARTS) is 1. The van der Waals surface area contributed by atoms with Crippen LogP contribution in [-0.2, 0) is 57.6 Å². The number of amides is 7. The molecule has 0 fully saturated rings. The third-order valence-electron chi connectivity index (χ3n) is 9.67. The quantitative estimate of drug-likeness (QED) is 0.0464. The second-order valence-corrected chi connectivity index (χ2v) is 15.5. The van der Waals surface area contributed by atoms with Gasteiger partial charge in [0.2, 0.25) is 41.4 Å². The lowest BCUT2D eigenvalue weighted by molar-refractivity contribution is -0.141. The Bertz CT molecular complexity index is 2200. The molecule has 11 N–H and O–H groups in total. The van der Waals surface area contributed by atoms with E-state index in [1.165, 1.54) is 30.8 Å². The number of aromatic nitrogens is 1. The Morgan fingerprint density at radius 3 is 1.92 bits per heavy atom. The summed E-state index contributed by atoms with van der Waals surface area (Å²) in [6, 6.07) is 15.7. The molecule has 0 aliphatic heterocycles. The minimum absolute atomic E-state index is 0.0105. The van der Waals surface area contributed by atoms with Crippen molar-refractivity contribution >= 4 is 70.0 Å². The number of hydrogen-bond donors (Lipinski definition) is 10. The van der Waals surface area contributed by atoms with E-state index in [2.05, 4.69) is 36.9 Å². The van der Waals surface area contributed by atoms with Crippen LogP contribution in [0.15, 0.2) is 85.1 Å². The minimum atomic E-state index is -1.66. The van der Waals surface area contributed by atoms with Crippen molar-refractivity contribution in [3.63, 3.8) is 0 Å². The number of primary amides is 1. The van der Waals surface area contributed by atoms with Crippen molar-refractivity contribution < 1.29 is 48.6 Å². The number of thioether (sulfide) groups is 1. The molecule has 4 aromatic rings. The molecule has 0 bridgehead atoms. The van der Waals surface area contributed by atoms with Gasteiger partial charge in [0.15, 0.2) is 0 Å². The summed E-state index contributed by atoms with van der Waals surface area (Å²) in [6.07, 6.45) is 2.50. The van der Waals surface area contributed by atoms with Gasteiger partial charge in [0, 0.05) is 56.3 Å². The first kappa shape index (κ1) is 47.8. The van der Waals surface area contributed by atoms with Crippen LogP contribution in [0.2, 0.25) is 0 Å². The van der Waals surface area contributed by atoms with Crippen LogP contribution in [0, 0.1) is 0 Å². The standard InChI is InChI=1S/C43H52N8O10S/c1-25(52)47-34(21-27-12-14-29(53)15-13-27)40(58)45-18-16-37(54)48-35(22-28-24-46-31-11-7-6-10-30(28)31)42(60)49-32(17-19-62-2)41(59)51-36(23-38(55)56)43(61)50-33(39(44)57)20-26-8-4-3-5-9-26/h3-15,24,32-36,46,53H,16-23H2,1-2H3,(H2,44,57)(H,45,58)(H,47,52)(H,48,54)(H,49,60)(H,50,61)(H,51,59)(H,55,56)/t32-,33-,34-,35-,36-/m0/s1. The predicted octanol–water partition coefficient (Wildman–Crippen LogP) is 0.565. The number of hydrogen-bond acceptors (Lipinski definition) is 10. The Labute approximate surface area is 361 Å². The number of carbonyl (C=O) groups excluding carboxylic acids is 7. The maximum Gasteiger partial charge on any atom is 0.305 e. The van der Waals surface area contributed by atoms with Crippen molar-refractivity contribution in [1.29, 1.82) is 0 Å². The molecule has 18 nitrogen and oxygen atoms in total. The molecule has 1 aromatic heterocycles. The highest BCUT2D eigenvalue weighted by atomic mass is 32.2. The zero-order valence-electron chi connectivity index (χ0n) is 34.3. The van der Waals surface area contributed by atoms with Gasteiger partial charge in [-0.25, -0.2) is 0 Å². The Morgan fingerprint density at radius 1 is 0.677 bits per heavy atom. The Morgan fingerprint density at radius 2 is 1.26 bits per heavy atom. The van der Waals surface area contributed by atoms with Crippen molar-refractivity contribution in [3.8, 4) is 5.75 Å². The number of rotatable bonds is 24. The van der Waals surface area contributed by atoms with E-state index in [0.717, 1.165) is 10.9 Å². The van der Waals surface area contributed by atoms with Gasteiger partial charge in [0.1, 0.15) is 36.0 Å². The second-order valence-electron chi connectivity index (χ2n) is 14.5. The van der Waals surface area contributed by atoms with Gasteiger partial charge in [0.05, 0.1) is 6.42 Å². The molecule has 62 heavy (non-hydrogen) atoms. The first-order chi connectivity index (χ1) is 29.6. The molecular formula is C43H52N8O10S. The van der Waals surface area contributed by atoms with Gasteiger partial charge in [-0.3, -0.25) is 38.4 Å². The number of nitrogens with two attached hydrogens (primary N) is 1.